The molecule has 4 nitrogen and oxygen atoms in total. The van der Waals surface area contributed by atoms with Crippen molar-refractivity contribution in [2.24, 2.45) is 0 Å². The fourth-order valence-electron chi connectivity index (χ4n) is 13.3. The zero-order valence-corrected chi connectivity index (χ0v) is 46.1. The van der Waals surface area contributed by atoms with Crippen LogP contribution < -0.4 is 14.4 Å². The molecule has 0 bridgehead atoms. The summed E-state index contributed by atoms with van der Waals surface area (Å²) in [6.45, 7) is 7.76. The van der Waals surface area contributed by atoms with E-state index >= 15 is 17.6 Å². The van der Waals surface area contributed by atoms with Gasteiger partial charge in [0.05, 0.1) is 16.5 Å². The van der Waals surface area contributed by atoms with Gasteiger partial charge >= 0.3 is 0 Å². The maximum absolute atomic E-state index is 16.1. The molecule has 1 heterocycles. The summed E-state index contributed by atoms with van der Waals surface area (Å²) in [5, 5.41) is 1.84. The minimum atomic E-state index is -1.20. The predicted molar refractivity (Wildman–Crippen MR) is 336 cm³/mol. The van der Waals surface area contributed by atoms with Gasteiger partial charge in [0.2, 0.25) is 0 Å². The van der Waals surface area contributed by atoms with Gasteiger partial charge in [0.15, 0.2) is 28.9 Å². The first-order chi connectivity index (χ1) is 42.1. The number of hydrogen-bond donors (Lipinski definition) is 0. The summed E-state index contributed by atoms with van der Waals surface area (Å²) in [6.07, 6.45) is 3.55. The molecule has 0 fully saturated rings. The van der Waals surface area contributed by atoms with Crippen molar-refractivity contribution >= 4 is 51.2 Å². The molecule has 2 unspecified atom stereocenters. The van der Waals surface area contributed by atoms with Gasteiger partial charge in [-0.05, 0) is 187 Å². The highest BCUT2D eigenvalue weighted by Gasteiger charge is 2.49. The van der Waals surface area contributed by atoms with E-state index in [1.807, 2.05) is 158 Å². The van der Waals surface area contributed by atoms with Gasteiger partial charge in [0.25, 0.3) is 0 Å². The van der Waals surface area contributed by atoms with Crippen molar-refractivity contribution in [2.45, 2.75) is 10.8 Å². The van der Waals surface area contributed by atoms with E-state index in [4.69, 9.17) is 13.9 Å². The molecule has 12 aromatic carbocycles. The lowest BCUT2D eigenvalue weighted by Gasteiger charge is -2.36. The van der Waals surface area contributed by atoms with E-state index in [2.05, 4.69) is 84.8 Å². The lowest BCUT2D eigenvalue weighted by atomic mass is 9.67. The smallest absolute Gasteiger partial charge is 0.159 e. The van der Waals surface area contributed by atoms with Crippen molar-refractivity contribution in [2.75, 3.05) is 4.90 Å². The lowest BCUT2D eigenvalue weighted by Crippen LogP contribution is -2.29. The first kappa shape index (κ1) is 51.9. The minimum absolute atomic E-state index is 0.521. The Balaban J connectivity index is 0.968. The summed E-state index contributed by atoms with van der Waals surface area (Å²) < 4.78 is 82.6. The molecule has 412 valence electrons. The number of rotatable bonds is 13. The van der Waals surface area contributed by atoms with Crippen LogP contribution in [-0.2, 0) is 10.8 Å². The first-order valence-corrected chi connectivity index (χ1v) is 28.3. The highest BCUT2D eigenvalue weighted by atomic mass is 19.2. The Labute approximate surface area is 494 Å². The topological polar surface area (TPSA) is 34.8 Å². The molecule has 15 rings (SSSR count). The molecule has 0 N–H and O–H groups in total. The first-order valence-electron chi connectivity index (χ1n) is 28.3. The third-order valence-electron chi connectivity index (χ3n) is 17.2. The maximum Gasteiger partial charge on any atom is 0.159 e. The number of halogens is 4. The Morgan fingerprint density at radius 1 is 0.349 bits per heavy atom. The number of furan rings is 1. The minimum Gasteiger partial charge on any atom is -0.457 e. The van der Waals surface area contributed by atoms with Gasteiger partial charge in [-0.2, -0.15) is 0 Å². The summed E-state index contributed by atoms with van der Waals surface area (Å²) in [5.74, 6) is -1.41. The van der Waals surface area contributed by atoms with E-state index in [-0.39, 0.29) is 0 Å². The van der Waals surface area contributed by atoms with Crippen LogP contribution in [0.2, 0.25) is 0 Å². The van der Waals surface area contributed by atoms with Crippen LogP contribution in [0.5, 0.6) is 23.0 Å². The van der Waals surface area contributed by atoms with Crippen molar-refractivity contribution in [1.29, 1.82) is 0 Å². The predicted octanol–water partition coefficient (Wildman–Crippen LogP) is 21.2. The monoisotopic (exact) mass is 1120 g/mol. The molecule has 0 amide bonds. The number of nitrogens with zero attached hydrogens (tertiary/aromatic N) is 1. The van der Waals surface area contributed by atoms with Crippen LogP contribution in [0, 0.1) is 23.3 Å². The van der Waals surface area contributed by atoms with E-state index in [9.17, 15) is 0 Å². The van der Waals surface area contributed by atoms with Crippen LogP contribution in [0.15, 0.2) is 278 Å². The maximum atomic E-state index is 16.1. The summed E-state index contributed by atoms with van der Waals surface area (Å²) in [5.41, 5.74) is 12.7. The highest BCUT2D eigenvalue weighted by molar-refractivity contribution is 6.10. The molecule has 0 aliphatic heterocycles. The quantitative estimate of drug-likeness (QED) is 0.108. The molecule has 2 aliphatic rings. The Kier molecular flexibility index (Phi) is 12.3. The van der Waals surface area contributed by atoms with Crippen LogP contribution in [0.4, 0.5) is 34.6 Å². The van der Waals surface area contributed by atoms with Gasteiger partial charge < -0.3 is 18.8 Å². The lowest BCUT2D eigenvalue weighted by molar-refractivity contribution is 0.482. The molecule has 0 radical (unpaired) electrons. The Morgan fingerprint density at radius 2 is 0.756 bits per heavy atom. The molecule has 0 spiro atoms. The standard InChI is InChI=1S/C78H49F4NO3/c1-3-48-20-32-56(33-21-48)84-58-36-24-50(25-37-58)77(52-28-42-70(79)72(81)44-52)66-16-8-5-12-60(66)62-40-30-54(46-68(62)77)83(74-18-11-15-65-64-14-7-10-19-75(64)86-76(65)74)55-31-41-63-61-13-6-9-17-67(61)78(69(63)47-55,53-29-43-71(80)73(82)45-53)51-26-38-59(39-27-51)85-57-34-22-49(4-2)23-35-57/h3-47H,1-2H2. The molecule has 2 atom stereocenters. The second-order valence-corrected chi connectivity index (χ2v) is 21.7. The summed E-state index contributed by atoms with van der Waals surface area (Å²) in [4.78, 5) is 2.17. The summed E-state index contributed by atoms with van der Waals surface area (Å²) >= 11 is 0. The van der Waals surface area contributed by atoms with E-state index in [1.54, 1.807) is 24.3 Å². The molecule has 0 saturated heterocycles. The van der Waals surface area contributed by atoms with E-state index in [0.717, 1.165) is 88.9 Å². The van der Waals surface area contributed by atoms with Crippen LogP contribution >= 0.6 is 0 Å². The van der Waals surface area contributed by atoms with Gasteiger partial charge in [-0.25, -0.2) is 17.6 Å². The fourth-order valence-corrected chi connectivity index (χ4v) is 13.3. The molecule has 2 aliphatic carbocycles. The van der Waals surface area contributed by atoms with Gasteiger partial charge in [-0.3, -0.25) is 0 Å². The SMILES string of the molecule is C=Cc1ccc(Oc2ccc(C3(c4ccc(F)c(F)c4)c4ccccc4-c4ccc(N(c5ccc6c(c5)C(c5ccc(Oc7ccc(C=C)cc7)cc5)(c5ccc(F)c(F)c5)c5ccccc5-6)c5cccc6c5oc5ccccc56)cc43)cc2)cc1. The third-order valence-corrected chi connectivity index (χ3v) is 17.2. The number of para-hydroxylation sites is 2. The molecular weight excluding hydrogens is 1070 g/mol. The average molecular weight is 1120 g/mol. The Hall–Kier alpha value is -11.0. The van der Waals surface area contributed by atoms with Crippen molar-refractivity contribution in [1.82, 2.24) is 0 Å². The van der Waals surface area contributed by atoms with Crippen molar-refractivity contribution < 1.29 is 31.5 Å². The second-order valence-electron chi connectivity index (χ2n) is 21.7. The number of anilines is 3. The molecular formula is C78H49F4NO3. The van der Waals surface area contributed by atoms with Crippen LogP contribution in [-0.4, -0.2) is 0 Å². The number of ether oxygens (including phenoxy) is 2. The fraction of sp³-hybridized carbons (Fsp3) is 0.0256. The van der Waals surface area contributed by atoms with Crippen LogP contribution in [0.3, 0.4) is 0 Å². The third kappa shape index (κ3) is 8.12. The van der Waals surface area contributed by atoms with E-state index in [1.165, 1.54) is 24.3 Å². The highest BCUT2D eigenvalue weighted by Crippen LogP contribution is 2.60. The zero-order chi connectivity index (χ0) is 58.3. The molecule has 13 aromatic rings. The molecule has 86 heavy (non-hydrogen) atoms. The van der Waals surface area contributed by atoms with Crippen LogP contribution in [0.25, 0.3) is 56.3 Å². The van der Waals surface area contributed by atoms with Crippen molar-refractivity contribution in [3.63, 3.8) is 0 Å². The van der Waals surface area contributed by atoms with Gasteiger partial charge in [-0.15, -0.1) is 0 Å². The van der Waals surface area contributed by atoms with Gasteiger partial charge in [0, 0.05) is 22.1 Å². The zero-order valence-electron chi connectivity index (χ0n) is 46.1. The van der Waals surface area contributed by atoms with Gasteiger partial charge in [-0.1, -0.05) is 177 Å². The number of fused-ring (bicyclic) bond motifs is 9. The molecule has 8 heteroatoms. The molecule has 0 saturated carbocycles. The average Bonchev–Trinajstić information content (AvgIpc) is 1.55. The van der Waals surface area contributed by atoms with Crippen LogP contribution in [0.1, 0.15) is 55.6 Å². The normalized spacial score (nSPS) is 15.4. The number of hydrogen-bond acceptors (Lipinski definition) is 4. The Morgan fingerprint density at radius 3 is 1.22 bits per heavy atom. The van der Waals surface area contributed by atoms with Crippen molar-refractivity contribution in [3.8, 4) is 45.3 Å². The number of benzene rings is 12. The second kappa shape index (κ2) is 20.4. The molecule has 1 aromatic heterocycles. The van der Waals surface area contributed by atoms with E-state index in [0.29, 0.717) is 51.0 Å². The summed E-state index contributed by atoms with van der Waals surface area (Å²) in [7, 11) is 0. The largest absolute Gasteiger partial charge is 0.457 e. The Bertz CT molecular complexity index is 4610. The summed E-state index contributed by atoms with van der Waals surface area (Å²) in [6, 6.07) is 82.2. The van der Waals surface area contributed by atoms with Crippen molar-refractivity contribution in [3.05, 3.63) is 353 Å². The van der Waals surface area contributed by atoms with E-state index < -0.39 is 34.1 Å². The van der Waals surface area contributed by atoms with Gasteiger partial charge in [0.1, 0.15) is 28.6 Å².